The third-order valence-corrected chi connectivity index (χ3v) is 3.93. The van der Waals surface area contributed by atoms with Crippen molar-refractivity contribution < 1.29 is 13.2 Å². The number of hydrogen-bond donors (Lipinski definition) is 2. The van der Waals surface area contributed by atoms with E-state index in [-0.39, 0.29) is 10.7 Å². The van der Waals surface area contributed by atoms with Gasteiger partial charge in [0, 0.05) is 30.7 Å². The number of hydrogen-bond acceptors (Lipinski definition) is 5. The third-order valence-electron chi connectivity index (χ3n) is 3.61. The van der Waals surface area contributed by atoms with E-state index in [4.69, 9.17) is 11.6 Å². The minimum Gasteiger partial charge on any atom is -0.366 e. The summed E-state index contributed by atoms with van der Waals surface area (Å²) in [5, 5.41) is 5.66. The van der Waals surface area contributed by atoms with Crippen LogP contribution in [0.25, 0.3) is 0 Å². The molecule has 0 amide bonds. The molecule has 9 heteroatoms. The highest BCUT2D eigenvalue weighted by molar-refractivity contribution is 6.31. The summed E-state index contributed by atoms with van der Waals surface area (Å²) in [6.07, 6.45) is -1.16. The lowest BCUT2D eigenvalue weighted by atomic mass is 10.2. The van der Waals surface area contributed by atoms with Crippen molar-refractivity contribution in [1.29, 1.82) is 0 Å². The minimum atomic E-state index is -4.53. The molecule has 3 aromatic rings. The van der Waals surface area contributed by atoms with E-state index in [0.29, 0.717) is 24.0 Å². The summed E-state index contributed by atoms with van der Waals surface area (Å²) in [7, 11) is 0. The first-order chi connectivity index (χ1) is 12.8. The van der Waals surface area contributed by atoms with Crippen LogP contribution in [0.5, 0.6) is 0 Å². The number of anilines is 3. The summed E-state index contributed by atoms with van der Waals surface area (Å²) in [6.45, 7) is 2.23. The van der Waals surface area contributed by atoms with Crippen molar-refractivity contribution in [2.75, 3.05) is 10.6 Å². The van der Waals surface area contributed by atoms with E-state index < -0.39 is 11.7 Å². The molecular formula is C18H15ClF3N5. The van der Waals surface area contributed by atoms with Crippen LogP contribution in [-0.4, -0.2) is 15.0 Å². The number of rotatable bonds is 5. The number of halogens is 4. The zero-order valence-corrected chi connectivity index (χ0v) is 14.9. The second kappa shape index (κ2) is 7.79. The van der Waals surface area contributed by atoms with Crippen LogP contribution in [0.15, 0.2) is 48.8 Å². The number of nitrogens with one attached hydrogen (secondary N) is 2. The fourth-order valence-corrected chi connectivity index (χ4v) is 2.61. The lowest BCUT2D eigenvalue weighted by molar-refractivity contribution is -0.137. The molecule has 2 N–H and O–H groups in total. The average Bonchev–Trinajstić information content (AvgIpc) is 2.61. The van der Waals surface area contributed by atoms with Gasteiger partial charge in [0.25, 0.3) is 0 Å². The molecule has 1 aromatic carbocycles. The highest BCUT2D eigenvalue weighted by Gasteiger charge is 2.33. The number of aromatic nitrogens is 3. The van der Waals surface area contributed by atoms with Crippen LogP contribution in [0.4, 0.5) is 30.5 Å². The zero-order valence-electron chi connectivity index (χ0n) is 14.2. The predicted octanol–water partition coefficient (Wildman–Crippen LogP) is 5.21. The maximum absolute atomic E-state index is 13.0. The van der Waals surface area contributed by atoms with Crippen molar-refractivity contribution in [1.82, 2.24) is 15.0 Å². The first kappa shape index (κ1) is 18.9. The Labute approximate surface area is 158 Å². The quantitative estimate of drug-likeness (QED) is 0.623. The fourth-order valence-electron chi connectivity index (χ4n) is 2.38. The molecule has 0 bridgehead atoms. The van der Waals surface area contributed by atoms with Gasteiger partial charge in [-0.3, -0.25) is 4.98 Å². The second-order valence-electron chi connectivity index (χ2n) is 5.71. The Morgan fingerprint density at radius 1 is 1.00 bits per heavy atom. The van der Waals surface area contributed by atoms with Gasteiger partial charge < -0.3 is 10.6 Å². The van der Waals surface area contributed by atoms with E-state index >= 15 is 0 Å². The van der Waals surface area contributed by atoms with Crippen LogP contribution in [0.2, 0.25) is 5.02 Å². The summed E-state index contributed by atoms with van der Waals surface area (Å²) >= 11 is 5.65. The molecule has 5 nitrogen and oxygen atoms in total. The molecule has 140 valence electrons. The molecule has 0 fully saturated rings. The van der Waals surface area contributed by atoms with Gasteiger partial charge in [-0.05, 0) is 42.8 Å². The van der Waals surface area contributed by atoms with Gasteiger partial charge in [-0.2, -0.15) is 13.2 Å². The van der Waals surface area contributed by atoms with Crippen LogP contribution in [0.3, 0.4) is 0 Å². The lowest BCUT2D eigenvalue weighted by Gasteiger charge is -2.13. The van der Waals surface area contributed by atoms with E-state index in [0.717, 1.165) is 11.6 Å². The van der Waals surface area contributed by atoms with Crippen molar-refractivity contribution in [3.05, 3.63) is 70.8 Å². The Morgan fingerprint density at radius 3 is 2.41 bits per heavy atom. The highest BCUT2D eigenvalue weighted by atomic mass is 35.5. The molecule has 0 aliphatic carbocycles. The van der Waals surface area contributed by atoms with Crippen LogP contribution in [-0.2, 0) is 12.7 Å². The van der Waals surface area contributed by atoms with E-state index in [2.05, 4.69) is 25.6 Å². The number of pyridine rings is 1. The molecule has 0 saturated heterocycles. The Morgan fingerprint density at radius 2 is 1.70 bits per heavy atom. The molecule has 0 radical (unpaired) electrons. The van der Waals surface area contributed by atoms with Gasteiger partial charge in [0.1, 0.15) is 17.5 Å². The Hall–Kier alpha value is -2.87. The number of nitrogens with zero attached hydrogens (tertiary/aromatic N) is 3. The van der Waals surface area contributed by atoms with Gasteiger partial charge in [-0.1, -0.05) is 11.6 Å². The lowest BCUT2D eigenvalue weighted by Crippen LogP contribution is -2.07. The number of benzene rings is 1. The molecule has 2 aromatic heterocycles. The Balaban J connectivity index is 1.78. The topological polar surface area (TPSA) is 62.7 Å². The first-order valence-corrected chi connectivity index (χ1v) is 8.31. The van der Waals surface area contributed by atoms with Crippen molar-refractivity contribution in [2.24, 2.45) is 0 Å². The maximum Gasteiger partial charge on any atom is 0.417 e. The van der Waals surface area contributed by atoms with Crippen molar-refractivity contribution >= 4 is 28.9 Å². The average molecular weight is 394 g/mol. The van der Waals surface area contributed by atoms with Gasteiger partial charge >= 0.3 is 6.18 Å². The van der Waals surface area contributed by atoms with Gasteiger partial charge in [0.2, 0.25) is 0 Å². The summed E-state index contributed by atoms with van der Waals surface area (Å²) in [5.41, 5.74) is 0.337. The molecule has 3 rings (SSSR count). The van der Waals surface area contributed by atoms with Gasteiger partial charge in [-0.25, -0.2) is 9.97 Å². The normalized spacial score (nSPS) is 11.3. The Kier molecular flexibility index (Phi) is 5.46. The zero-order chi connectivity index (χ0) is 19.4. The summed E-state index contributed by atoms with van der Waals surface area (Å²) in [5.74, 6) is 1.39. The van der Waals surface area contributed by atoms with E-state index in [1.54, 1.807) is 25.4 Å². The number of aryl methyl sites for hydroxylation is 1. The summed E-state index contributed by atoms with van der Waals surface area (Å²) in [6, 6.07) is 8.96. The standard InChI is InChI=1S/C18H15ClF3N5/c1-11-25-16(24-10-12-4-6-23-7-5-12)9-17(26-11)27-13-2-3-15(19)14(8-13)18(20,21)22/h2-9H,10H2,1H3,(H2,24,25,26,27). The largest absolute Gasteiger partial charge is 0.417 e. The Bertz CT molecular complexity index is 932. The number of alkyl halides is 3. The predicted molar refractivity (Wildman–Crippen MR) is 98.1 cm³/mol. The summed E-state index contributed by atoms with van der Waals surface area (Å²) in [4.78, 5) is 12.4. The van der Waals surface area contributed by atoms with Crippen molar-refractivity contribution in [3.63, 3.8) is 0 Å². The summed E-state index contributed by atoms with van der Waals surface area (Å²) < 4.78 is 39.0. The SMILES string of the molecule is Cc1nc(NCc2ccncc2)cc(Nc2ccc(Cl)c(C(F)(F)F)c2)n1. The van der Waals surface area contributed by atoms with E-state index in [1.807, 2.05) is 12.1 Å². The molecule has 0 spiro atoms. The van der Waals surface area contributed by atoms with Crippen molar-refractivity contribution in [2.45, 2.75) is 19.6 Å². The fraction of sp³-hybridized carbons (Fsp3) is 0.167. The van der Waals surface area contributed by atoms with Gasteiger partial charge in [0.15, 0.2) is 0 Å². The second-order valence-corrected chi connectivity index (χ2v) is 6.12. The van der Waals surface area contributed by atoms with E-state index in [1.165, 1.54) is 12.1 Å². The van der Waals surface area contributed by atoms with Crippen LogP contribution in [0, 0.1) is 6.92 Å². The van der Waals surface area contributed by atoms with Crippen molar-refractivity contribution in [3.8, 4) is 0 Å². The monoisotopic (exact) mass is 393 g/mol. The highest BCUT2D eigenvalue weighted by Crippen LogP contribution is 2.36. The molecule has 0 unspecified atom stereocenters. The smallest absolute Gasteiger partial charge is 0.366 e. The van der Waals surface area contributed by atoms with Crippen LogP contribution in [0.1, 0.15) is 17.0 Å². The third kappa shape index (κ3) is 5.07. The maximum atomic E-state index is 13.0. The molecule has 0 atom stereocenters. The van der Waals surface area contributed by atoms with Gasteiger partial charge in [-0.15, -0.1) is 0 Å². The molecule has 0 saturated carbocycles. The van der Waals surface area contributed by atoms with Crippen LogP contribution >= 0.6 is 11.6 Å². The molecule has 0 aliphatic rings. The minimum absolute atomic E-state index is 0.227. The first-order valence-electron chi connectivity index (χ1n) is 7.93. The molecule has 27 heavy (non-hydrogen) atoms. The van der Waals surface area contributed by atoms with Crippen LogP contribution < -0.4 is 10.6 Å². The molecule has 2 heterocycles. The van der Waals surface area contributed by atoms with E-state index in [9.17, 15) is 13.2 Å². The molecule has 0 aliphatic heterocycles. The van der Waals surface area contributed by atoms with Gasteiger partial charge in [0.05, 0.1) is 10.6 Å². The molecular weight excluding hydrogens is 379 g/mol.